The van der Waals surface area contributed by atoms with Gasteiger partial charge in [-0.3, -0.25) is 9.59 Å². The van der Waals surface area contributed by atoms with Crippen molar-refractivity contribution in [2.75, 3.05) is 0 Å². The first-order valence-corrected chi connectivity index (χ1v) is 8.21. The molecule has 0 amide bonds. The van der Waals surface area contributed by atoms with E-state index < -0.39 is 23.4 Å². The largest absolute Gasteiger partial charge is 0.481 e. The maximum Gasteiger partial charge on any atom is 0.324 e. The van der Waals surface area contributed by atoms with E-state index in [9.17, 15) is 19.8 Å². The second-order valence-electron chi connectivity index (χ2n) is 6.82. The first-order valence-electron chi connectivity index (χ1n) is 7.83. The number of halogens is 1. The lowest BCUT2D eigenvalue weighted by Crippen LogP contribution is -2.62. The van der Waals surface area contributed by atoms with E-state index in [-0.39, 0.29) is 17.8 Å². The van der Waals surface area contributed by atoms with Crippen LogP contribution in [-0.4, -0.2) is 27.7 Å². The predicted octanol–water partition coefficient (Wildman–Crippen LogP) is 2.41. The summed E-state index contributed by atoms with van der Waals surface area (Å²) >= 11 is 5.87. The third-order valence-corrected chi connectivity index (χ3v) is 5.94. The molecule has 124 valence electrons. The first kappa shape index (κ1) is 16.3. The lowest BCUT2D eigenvalue weighted by Gasteiger charge is -2.39. The molecule has 0 aliphatic heterocycles. The Balaban J connectivity index is 1.73. The van der Waals surface area contributed by atoms with Crippen LogP contribution in [0.5, 0.6) is 0 Å². The van der Waals surface area contributed by atoms with Crippen molar-refractivity contribution >= 4 is 23.5 Å². The summed E-state index contributed by atoms with van der Waals surface area (Å²) in [7, 11) is 0. The fourth-order valence-corrected chi connectivity index (χ4v) is 4.79. The van der Waals surface area contributed by atoms with Gasteiger partial charge in [0.25, 0.3) is 0 Å². The number of benzene rings is 1. The van der Waals surface area contributed by atoms with Crippen LogP contribution in [0.3, 0.4) is 0 Å². The van der Waals surface area contributed by atoms with Gasteiger partial charge in [0, 0.05) is 5.02 Å². The summed E-state index contributed by atoms with van der Waals surface area (Å²) in [5.41, 5.74) is 5.62. The zero-order valence-corrected chi connectivity index (χ0v) is 13.4. The Kier molecular flexibility index (Phi) is 4.10. The molecule has 23 heavy (non-hydrogen) atoms. The fourth-order valence-electron chi connectivity index (χ4n) is 4.67. The standard InChI is InChI=1S/C17H20ClNO4/c18-12-5-2-9(3-6-12)1-4-10-7-11-8-13(10)17(19,16(22)23)14(11)15(20)21/h2-3,5-6,10-11,13-14H,1,4,7-8,19H2,(H,20,21)(H,22,23)/t10-,11+,13?,14-,17-/m1/s1. The van der Waals surface area contributed by atoms with E-state index in [0.29, 0.717) is 11.4 Å². The van der Waals surface area contributed by atoms with Crippen LogP contribution in [0.2, 0.25) is 5.02 Å². The summed E-state index contributed by atoms with van der Waals surface area (Å²) in [5, 5.41) is 19.6. The van der Waals surface area contributed by atoms with Gasteiger partial charge in [-0.15, -0.1) is 0 Å². The minimum atomic E-state index is -1.64. The highest BCUT2D eigenvalue weighted by Crippen LogP contribution is 2.57. The molecule has 5 nitrogen and oxygen atoms in total. The van der Waals surface area contributed by atoms with Crippen LogP contribution in [0.1, 0.15) is 24.8 Å². The minimum absolute atomic E-state index is 0.131. The molecule has 5 atom stereocenters. The number of hydrogen-bond donors (Lipinski definition) is 3. The van der Waals surface area contributed by atoms with Gasteiger partial charge in [-0.05, 0) is 61.1 Å². The minimum Gasteiger partial charge on any atom is -0.481 e. The molecule has 6 heteroatoms. The average Bonchev–Trinajstić information content (AvgIpc) is 3.02. The summed E-state index contributed by atoms with van der Waals surface area (Å²) in [6.45, 7) is 0. The van der Waals surface area contributed by atoms with Crippen molar-refractivity contribution in [1.29, 1.82) is 0 Å². The zero-order valence-electron chi connectivity index (χ0n) is 12.6. The topological polar surface area (TPSA) is 101 Å². The number of carboxylic acid groups (broad SMARTS) is 2. The summed E-state index contributed by atoms with van der Waals surface area (Å²) < 4.78 is 0. The van der Waals surface area contributed by atoms with Gasteiger partial charge in [0.05, 0.1) is 5.92 Å². The highest BCUT2D eigenvalue weighted by atomic mass is 35.5. The number of fused-ring (bicyclic) bond motifs is 2. The quantitative estimate of drug-likeness (QED) is 0.766. The van der Waals surface area contributed by atoms with Crippen molar-refractivity contribution in [3.63, 3.8) is 0 Å². The molecule has 0 saturated heterocycles. The highest BCUT2D eigenvalue weighted by molar-refractivity contribution is 6.30. The van der Waals surface area contributed by atoms with Crippen LogP contribution in [-0.2, 0) is 16.0 Å². The van der Waals surface area contributed by atoms with E-state index >= 15 is 0 Å². The monoisotopic (exact) mass is 337 g/mol. The van der Waals surface area contributed by atoms with Crippen molar-refractivity contribution in [3.05, 3.63) is 34.9 Å². The van der Waals surface area contributed by atoms with Crippen molar-refractivity contribution in [1.82, 2.24) is 0 Å². The van der Waals surface area contributed by atoms with Gasteiger partial charge >= 0.3 is 11.9 Å². The van der Waals surface area contributed by atoms with E-state index in [1.807, 2.05) is 24.3 Å². The van der Waals surface area contributed by atoms with E-state index in [1.54, 1.807) is 0 Å². The van der Waals surface area contributed by atoms with Gasteiger partial charge in [0.15, 0.2) is 0 Å². The molecule has 1 aromatic rings. The molecule has 4 N–H and O–H groups in total. The number of aryl methyl sites for hydroxylation is 1. The Morgan fingerprint density at radius 3 is 2.43 bits per heavy atom. The van der Waals surface area contributed by atoms with Gasteiger partial charge in [-0.2, -0.15) is 0 Å². The van der Waals surface area contributed by atoms with Crippen molar-refractivity contribution < 1.29 is 19.8 Å². The molecule has 1 unspecified atom stereocenters. The van der Waals surface area contributed by atoms with E-state index in [4.69, 9.17) is 17.3 Å². The number of carbonyl (C=O) groups is 2. The smallest absolute Gasteiger partial charge is 0.324 e. The Morgan fingerprint density at radius 2 is 1.87 bits per heavy atom. The maximum absolute atomic E-state index is 11.7. The van der Waals surface area contributed by atoms with Crippen LogP contribution in [0.25, 0.3) is 0 Å². The van der Waals surface area contributed by atoms with Gasteiger partial charge in [-0.25, -0.2) is 0 Å². The molecule has 1 aromatic carbocycles. The van der Waals surface area contributed by atoms with Crippen molar-refractivity contribution in [3.8, 4) is 0 Å². The third-order valence-electron chi connectivity index (χ3n) is 5.68. The summed E-state index contributed by atoms with van der Waals surface area (Å²) in [4.78, 5) is 23.2. The molecule has 2 aliphatic carbocycles. The molecule has 0 spiro atoms. The molecular weight excluding hydrogens is 318 g/mol. The molecule has 2 fully saturated rings. The first-order chi connectivity index (χ1) is 10.8. The molecule has 0 aromatic heterocycles. The molecule has 2 bridgehead atoms. The molecule has 0 heterocycles. The van der Waals surface area contributed by atoms with Crippen molar-refractivity contribution in [2.24, 2.45) is 29.4 Å². The van der Waals surface area contributed by atoms with Gasteiger partial charge in [-0.1, -0.05) is 23.7 Å². The van der Waals surface area contributed by atoms with E-state index in [2.05, 4.69) is 0 Å². The molecule has 0 radical (unpaired) electrons. The van der Waals surface area contributed by atoms with Crippen molar-refractivity contribution in [2.45, 2.75) is 31.2 Å². The SMILES string of the molecule is N[C@]1(C(=O)O)C2C[C@H](C[C@H]2CCc2ccc(Cl)cc2)[C@@H]1C(=O)O. The van der Waals surface area contributed by atoms with Crippen LogP contribution >= 0.6 is 11.6 Å². The van der Waals surface area contributed by atoms with Crippen LogP contribution in [0.4, 0.5) is 0 Å². The Labute approximate surface area is 139 Å². The fraction of sp³-hybridized carbons (Fsp3) is 0.529. The lowest BCUT2D eigenvalue weighted by molar-refractivity contribution is -0.159. The number of rotatable bonds is 5. The third kappa shape index (κ3) is 2.62. The second-order valence-corrected chi connectivity index (χ2v) is 7.25. The number of carboxylic acids is 2. The molecule has 3 rings (SSSR count). The number of aliphatic carboxylic acids is 2. The van der Waals surface area contributed by atoms with Crippen LogP contribution in [0.15, 0.2) is 24.3 Å². The summed E-state index contributed by atoms with van der Waals surface area (Å²) in [5.74, 6) is -3.48. The van der Waals surface area contributed by atoms with Crippen LogP contribution < -0.4 is 5.73 Å². The Morgan fingerprint density at radius 1 is 1.22 bits per heavy atom. The molecular formula is C17H20ClNO4. The highest BCUT2D eigenvalue weighted by Gasteiger charge is 2.66. The molecule has 2 saturated carbocycles. The Bertz CT molecular complexity index is 632. The van der Waals surface area contributed by atoms with Crippen LogP contribution in [0, 0.1) is 23.7 Å². The zero-order chi connectivity index (χ0) is 16.8. The summed E-state index contributed by atoms with van der Waals surface area (Å²) in [6, 6.07) is 7.59. The van der Waals surface area contributed by atoms with Gasteiger partial charge in [0.2, 0.25) is 0 Å². The predicted molar refractivity (Wildman–Crippen MR) is 85.2 cm³/mol. The summed E-state index contributed by atoms with van der Waals surface area (Å²) in [6.07, 6.45) is 2.99. The van der Waals surface area contributed by atoms with E-state index in [1.165, 1.54) is 0 Å². The van der Waals surface area contributed by atoms with Gasteiger partial charge in [0.1, 0.15) is 5.54 Å². The Hall–Kier alpha value is -1.59. The number of nitrogens with two attached hydrogens (primary N) is 1. The van der Waals surface area contributed by atoms with E-state index in [0.717, 1.165) is 24.8 Å². The average molecular weight is 338 g/mol. The maximum atomic E-state index is 11.7. The number of hydrogen-bond acceptors (Lipinski definition) is 3. The normalized spacial score (nSPS) is 35.4. The van der Waals surface area contributed by atoms with Gasteiger partial charge < -0.3 is 15.9 Å². The second kappa shape index (κ2) is 5.80. The lowest BCUT2D eigenvalue weighted by atomic mass is 9.67. The molecule has 2 aliphatic rings.